The third kappa shape index (κ3) is 3.74. The van der Waals surface area contributed by atoms with Crippen LogP contribution >= 0.6 is 0 Å². The zero-order chi connectivity index (χ0) is 17.2. The second kappa shape index (κ2) is 7.62. The summed E-state index contributed by atoms with van der Waals surface area (Å²) in [6.07, 6.45) is 0. The summed E-state index contributed by atoms with van der Waals surface area (Å²) < 4.78 is 20.5. The fourth-order valence-corrected chi connectivity index (χ4v) is 13.8. The van der Waals surface area contributed by atoms with E-state index in [0.717, 1.165) is 0 Å². The molecular weight excluding hydrogens is 300 g/mol. The monoisotopic (exact) mass is 336 g/mol. The van der Waals surface area contributed by atoms with Gasteiger partial charge in [0.25, 0.3) is 0 Å². The summed E-state index contributed by atoms with van der Waals surface area (Å²) in [4.78, 5) is 0. The van der Waals surface area contributed by atoms with Gasteiger partial charge in [-0.1, -0.05) is 0 Å². The van der Waals surface area contributed by atoms with Gasteiger partial charge < -0.3 is 4.12 Å². The lowest BCUT2D eigenvalue weighted by Gasteiger charge is -2.54. The minimum atomic E-state index is -2.41. The minimum absolute atomic E-state index is 2.10. The first-order chi connectivity index (χ1) is 9.37. The van der Waals surface area contributed by atoms with E-state index < -0.39 is 17.6 Å². The van der Waals surface area contributed by atoms with E-state index in [1.165, 1.54) is 0 Å². The Morgan fingerprint density at radius 2 is 0.524 bits per heavy atom. The van der Waals surface area contributed by atoms with Crippen molar-refractivity contribution in [3.8, 4) is 0 Å². The average molecular weight is 337 g/mol. The van der Waals surface area contributed by atoms with Crippen molar-refractivity contribution in [3.05, 3.63) is 0 Å². The molecule has 0 aromatic heterocycles. The number of rotatable bonds is 8. The van der Waals surface area contributed by atoms with Crippen molar-refractivity contribution < 1.29 is 4.12 Å². The highest BCUT2D eigenvalue weighted by atomic mass is 28.5. The van der Waals surface area contributed by atoms with E-state index >= 15 is 0 Å². The fourth-order valence-electron chi connectivity index (χ4n) is 3.13. The zero-order valence-corrected chi connectivity index (χ0v) is 18.1. The largest absolute Gasteiger partial charge is 0.439 e. The second-order valence-corrected chi connectivity index (χ2v) is 15.1. The fraction of sp³-hybridized carbons (Fsp3) is 1.00. The summed E-state index contributed by atoms with van der Waals surface area (Å²) in [5.74, 6) is 0. The lowest BCUT2D eigenvalue weighted by Crippen LogP contribution is -2.82. The van der Waals surface area contributed by atoms with Crippen molar-refractivity contribution in [1.82, 2.24) is 27.4 Å². The molecule has 0 spiro atoms. The van der Waals surface area contributed by atoms with Crippen LogP contribution in [0, 0.1) is 0 Å². The highest BCUT2D eigenvalue weighted by Gasteiger charge is 2.58. The summed E-state index contributed by atoms with van der Waals surface area (Å²) in [6.45, 7) is 0. The number of hydrogen-bond acceptors (Lipinski definition) is 7. The van der Waals surface area contributed by atoms with Gasteiger partial charge in [0.15, 0.2) is 0 Å². The Kier molecular flexibility index (Phi) is 7.67. The van der Waals surface area contributed by atoms with E-state index in [4.69, 9.17) is 4.12 Å². The van der Waals surface area contributed by atoms with Gasteiger partial charge in [0.2, 0.25) is 0 Å². The molecule has 128 valence electrons. The van der Waals surface area contributed by atoms with E-state index in [1.807, 2.05) is 0 Å². The predicted octanol–water partition coefficient (Wildman–Crippen LogP) is -0.756. The van der Waals surface area contributed by atoms with Crippen molar-refractivity contribution >= 4 is 17.6 Å². The van der Waals surface area contributed by atoms with Crippen LogP contribution in [0.1, 0.15) is 0 Å². The molecule has 0 unspecified atom stereocenters. The van der Waals surface area contributed by atoms with Crippen molar-refractivity contribution in [2.45, 2.75) is 0 Å². The Bertz CT molecular complexity index is 249. The molecule has 0 atom stereocenters. The molecular formula is C12H36N6OSi2. The smallest absolute Gasteiger partial charge is 0.384 e. The van der Waals surface area contributed by atoms with E-state index in [1.54, 1.807) is 0 Å². The molecule has 0 saturated carbocycles. The Morgan fingerprint density at radius 1 is 0.381 bits per heavy atom. The van der Waals surface area contributed by atoms with E-state index in [9.17, 15) is 0 Å². The Hall–Kier alpha value is 0.154. The molecule has 0 heterocycles. The van der Waals surface area contributed by atoms with Gasteiger partial charge in [-0.25, -0.2) is 0 Å². The minimum Gasteiger partial charge on any atom is -0.384 e. The van der Waals surface area contributed by atoms with Gasteiger partial charge in [0.1, 0.15) is 0 Å². The molecule has 0 aliphatic rings. The summed E-state index contributed by atoms with van der Waals surface area (Å²) in [5, 5.41) is 0. The molecule has 0 fully saturated rings. The number of hydrogen-bond donors (Lipinski definition) is 0. The van der Waals surface area contributed by atoms with Gasteiger partial charge in [-0.3, -0.25) is 27.4 Å². The SMILES string of the molecule is CN(C)[Si](O[Si](N(C)C)(N(C)C)N(C)C)(N(C)C)N(C)C. The third-order valence-electron chi connectivity index (χ3n) is 3.77. The van der Waals surface area contributed by atoms with Gasteiger partial charge in [-0.15, -0.1) is 0 Å². The van der Waals surface area contributed by atoms with Gasteiger partial charge in [0, 0.05) is 0 Å². The molecule has 0 aliphatic carbocycles. The maximum absolute atomic E-state index is 7.03. The highest BCUT2D eigenvalue weighted by molar-refractivity contribution is 6.79. The zero-order valence-electron chi connectivity index (χ0n) is 16.1. The second-order valence-electron chi connectivity index (χ2n) is 6.62. The van der Waals surface area contributed by atoms with Crippen molar-refractivity contribution in [1.29, 1.82) is 0 Å². The van der Waals surface area contributed by atoms with Crippen LogP contribution in [0.5, 0.6) is 0 Å². The standard InChI is InChI=1S/C12H36N6OSi2/c1-13(2)20(14(3)4,15(5)6)19-21(16(7)8,17(9)10)18(11)12/h1-12H3. The molecule has 9 heteroatoms. The third-order valence-corrected chi connectivity index (χ3v) is 13.0. The molecule has 0 amide bonds. The highest BCUT2D eigenvalue weighted by Crippen LogP contribution is 2.24. The predicted molar refractivity (Wildman–Crippen MR) is 94.7 cm³/mol. The Morgan fingerprint density at radius 3 is 0.619 bits per heavy atom. The maximum atomic E-state index is 7.03. The molecule has 0 bridgehead atoms. The van der Waals surface area contributed by atoms with Gasteiger partial charge in [-0.2, -0.15) is 0 Å². The first kappa shape index (κ1) is 21.2. The van der Waals surface area contributed by atoms with Crippen LogP contribution in [0.25, 0.3) is 0 Å². The first-order valence-electron chi connectivity index (χ1n) is 7.12. The molecule has 21 heavy (non-hydrogen) atoms. The van der Waals surface area contributed by atoms with Gasteiger partial charge >= 0.3 is 17.6 Å². The normalized spacial score (nSPS) is 14.6. The lowest BCUT2D eigenvalue weighted by atomic mass is 11.2. The Balaban J connectivity index is 6.06. The van der Waals surface area contributed by atoms with E-state index in [2.05, 4.69) is 112 Å². The molecule has 0 radical (unpaired) electrons. The topological polar surface area (TPSA) is 28.7 Å². The Labute approximate surface area is 134 Å². The molecule has 0 aliphatic heterocycles. The van der Waals surface area contributed by atoms with Crippen LogP contribution in [0.4, 0.5) is 0 Å². The molecule has 0 rings (SSSR count). The summed E-state index contributed by atoms with van der Waals surface area (Å²) >= 11 is 0. The summed E-state index contributed by atoms with van der Waals surface area (Å²) in [7, 11) is 20.4. The molecule has 0 aromatic rings. The molecule has 0 saturated heterocycles. The van der Waals surface area contributed by atoms with Crippen molar-refractivity contribution in [2.75, 3.05) is 84.6 Å². The average Bonchev–Trinajstić information content (AvgIpc) is 2.26. The van der Waals surface area contributed by atoms with Crippen LogP contribution < -0.4 is 0 Å². The van der Waals surface area contributed by atoms with Crippen LogP contribution in [0.3, 0.4) is 0 Å². The van der Waals surface area contributed by atoms with Crippen molar-refractivity contribution in [2.24, 2.45) is 0 Å². The molecule has 0 aromatic carbocycles. The summed E-state index contributed by atoms with van der Waals surface area (Å²) in [6, 6.07) is 0. The van der Waals surface area contributed by atoms with Crippen LogP contribution in [0.2, 0.25) is 0 Å². The van der Waals surface area contributed by atoms with Gasteiger partial charge in [-0.05, 0) is 84.6 Å². The van der Waals surface area contributed by atoms with Crippen LogP contribution in [0.15, 0.2) is 0 Å². The van der Waals surface area contributed by atoms with Crippen LogP contribution in [-0.4, -0.2) is 130 Å². The van der Waals surface area contributed by atoms with E-state index in [0.29, 0.717) is 0 Å². The van der Waals surface area contributed by atoms with Crippen molar-refractivity contribution in [3.63, 3.8) is 0 Å². The molecule has 7 nitrogen and oxygen atoms in total. The lowest BCUT2D eigenvalue weighted by molar-refractivity contribution is 0.177. The first-order valence-corrected chi connectivity index (χ1v) is 10.6. The van der Waals surface area contributed by atoms with Gasteiger partial charge in [0.05, 0.1) is 0 Å². The quantitative estimate of drug-likeness (QED) is 0.538. The number of nitrogens with zero attached hydrogens (tertiary/aromatic N) is 6. The maximum Gasteiger partial charge on any atom is 0.439 e. The summed E-state index contributed by atoms with van der Waals surface area (Å²) in [5.41, 5.74) is 0. The molecule has 0 N–H and O–H groups in total. The van der Waals surface area contributed by atoms with E-state index in [-0.39, 0.29) is 0 Å². The van der Waals surface area contributed by atoms with Crippen LogP contribution in [-0.2, 0) is 4.12 Å².